The van der Waals surface area contributed by atoms with E-state index in [0.29, 0.717) is 28.8 Å². The minimum Gasteiger partial charge on any atom is -0.335 e. The molecule has 0 unspecified atom stereocenters. The third-order valence-corrected chi connectivity index (χ3v) is 4.37. The molecule has 0 amide bonds. The Morgan fingerprint density at radius 2 is 1.93 bits per heavy atom. The van der Waals surface area contributed by atoms with Crippen molar-refractivity contribution in [2.45, 2.75) is 13.5 Å². The zero-order valence-electron chi connectivity index (χ0n) is 14.7. The Morgan fingerprint density at radius 3 is 2.70 bits per heavy atom. The largest absolute Gasteiger partial charge is 0.335 e. The summed E-state index contributed by atoms with van der Waals surface area (Å²) in [5.74, 6) is -0.192. The van der Waals surface area contributed by atoms with Crippen LogP contribution in [0.2, 0.25) is 0 Å². The van der Waals surface area contributed by atoms with Crippen molar-refractivity contribution in [3.63, 3.8) is 0 Å². The van der Waals surface area contributed by atoms with E-state index in [2.05, 4.69) is 15.3 Å². The van der Waals surface area contributed by atoms with Crippen LogP contribution in [0.3, 0.4) is 0 Å². The quantitative estimate of drug-likeness (QED) is 0.597. The molecule has 27 heavy (non-hydrogen) atoms. The van der Waals surface area contributed by atoms with Gasteiger partial charge in [-0.1, -0.05) is 36.4 Å². The molecular formula is C21H17FN4O. The number of hydrogen-bond donors (Lipinski definition) is 1. The van der Waals surface area contributed by atoms with E-state index in [-0.39, 0.29) is 17.2 Å². The van der Waals surface area contributed by atoms with Crippen LogP contribution in [0.15, 0.2) is 71.8 Å². The average Bonchev–Trinajstić information content (AvgIpc) is 2.69. The minimum absolute atomic E-state index is 0.146. The van der Waals surface area contributed by atoms with Gasteiger partial charge in [0.15, 0.2) is 5.82 Å². The number of rotatable bonds is 4. The van der Waals surface area contributed by atoms with E-state index in [1.54, 1.807) is 42.1 Å². The van der Waals surface area contributed by atoms with E-state index in [4.69, 9.17) is 0 Å². The summed E-state index contributed by atoms with van der Waals surface area (Å²) in [5.41, 5.74) is 2.99. The van der Waals surface area contributed by atoms with Gasteiger partial charge in [0.2, 0.25) is 0 Å². The molecule has 2 aromatic heterocycles. The standard InChI is InChI=1S/C21H17FN4O/c1-14-7-8-16(11-17(14)22)24-20-21(27)26(13-15-5-3-2-4-6-15)19-12-23-10-9-18(19)25-20/h2-12H,13H2,1H3,(H,24,25). The lowest BCUT2D eigenvalue weighted by Crippen LogP contribution is -2.25. The van der Waals surface area contributed by atoms with Gasteiger partial charge in [0.1, 0.15) is 5.82 Å². The van der Waals surface area contributed by atoms with Crippen LogP contribution in [0, 0.1) is 12.7 Å². The van der Waals surface area contributed by atoms with E-state index in [1.807, 2.05) is 30.3 Å². The van der Waals surface area contributed by atoms with Crippen LogP contribution in [-0.4, -0.2) is 14.5 Å². The zero-order valence-corrected chi connectivity index (χ0v) is 14.7. The summed E-state index contributed by atoms with van der Waals surface area (Å²) in [6.07, 6.45) is 3.25. The van der Waals surface area contributed by atoms with Crippen molar-refractivity contribution < 1.29 is 4.39 Å². The van der Waals surface area contributed by atoms with Gasteiger partial charge in [-0.25, -0.2) is 9.37 Å². The fourth-order valence-corrected chi connectivity index (χ4v) is 2.90. The van der Waals surface area contributed by atoms with Crippen molar-refractivity contribution in [3.8, 4) is 0 Å². The average molecular weight is 360 g/mol. The molecule has 6 heteroatoms. The number of fused-ring (bicyclic) bond motifs is 1. The predicted molar refractivity (Wildman–Crippen MR) is 104 cm³/mol. The molecule has 2 aromatic carbocycles. The Morgan fingerprint density at radius 1 is 1.11 bits per heavy atom. The maximum atomic E-state index is 13.9. The fraction of sp³-hybridized carbons (Fsp3) is 0.0952. The summed E-state index contributed by atoms with van der Waals surface area (Å²) in [6, 6.07) is 16.2. The van der Waals surface area contributed by atoms with Gasteiger partial charge in [0, 0.05) is 11.9 Å². The van der Waals surface area contributed by atoms with E-state index in [1.165, 1.54) is 6.07 Å². The molecule has 0 fully saturated rings. The maximum absolute atomic E-state index is 13.9. The van der Waals surface area contributed by atoms with Crippen molar-refractivity contribution in [2.75, 3.05) is 5.32 Å². The molecule has 0 aliphatic heterocycles. The Bertz CT molecular complexity index is 1170. The summed E-state index contributed by atoms with van der Waals surface area (Å²) in [6.45, 7) is 2.08. The van der Waals surface area contributed by atoms with Gasteiger partial charge in [0.05, 0.1) is 23.8 Å². The number of halogens is 1. The van der Waals surface area contributed by atoms with Crippen LogP contribution < -0.4 is 10.9 Å². The Labute approximate surface area is 155 Å². The lowest BCUT2D eigenvalue weighted by molar-refractivity contribution is 0.619. The number of hydrogen-bond acceptors (Lipinski definition) is 4. The molecule has 0 saturated carbocycles. The molecular weight excluding hydrogens is 343 g/mol. The van der Waals surface area contributed by atoms with Gasteiger partial charge in [-0.05, 0) is 36.2 Å². The second-order valence-electron chi connectivity index (χ2n) is 6.29. The van der Waals surface area contributed by atoms with E-state index >= 15 is 0 Å². The monoisotopic (exact) mass is 360 g/mol. The second kappa shape index (κ2) is 6.99. The summed E-state index contributed by atoms with van der Waals surface area (Å²) in [7, 11) is 0. The first-order valence-corrected chi connectivity index (χ1v) is 8.53. The van der Waals surface area contributed by atoms with Crippen molar-refractivity contribution in [2.24, 2.45) is 0 Å². The van der Waals surface area contributed by atoms with Gasteiger partial charge in [-0.2, -0.15) is 0 Å². The summed E-state index contributed by atoms with van der Waals surface area (Å²) >= 11 is 0. The molecule has 4 rings (SSSR count). The van der Waals surface area contributed by atoms with Gasteiger partial charge in [-0.3, -0.25) is 14.3 Å². The first-order chi connectivity index (χ1) is 13.1. The third kappa shape index (κ3) is 3.42. The first kappa shape index (κ1) is 16.9. The Hall–Kier alpha value is -3.54. The maximum Gasteiger partial charge on any atom is 0.294 e. The molecule has 134 valence electrons. The van der Waals surface area contributed by atoms with Crippen LogP contribution >= 0.6 is 0 Å². The summed E-state index contributed by atoms with van der Waals surface area (Å²) < 4.78 is 15.5. The normalized spacial score (nSPS) is 10.9. The van der Waals surface area contributed by atoms with Crippen molar-refractivity contribution in [1.82, 2.24) is 14.5 Å². The van der Waals surface area contributed by atoms with Crippen molar-refractivity contribution >= 4 is 22.5 Å². The van der Waals surface area contributed by atoms with Crippen molar-refractivity contribution in [3.05, 3.63) is 94.3 Å². The molecule has 0 spiro atoms. The number of nitrogens with zero attached hydrogens (tertiary/aromatic N) is 3. The predicted octanol–water partition coefficient (Wildman–Crippen LogP) is 4.03. The molecule has 1 N–H and O–H groups in total. The smallest absolute Gasteiger partial charge is 0.294 e. The molecule has 4 aromatic rings. The minimum atomic E-state index is -0.338. The highest BCUT2D eigenvalue weighted by Gasteiger charge is 2.12. The fourth-order valence-electron chi connectivity index (χ4n) is 2.90. The number of pyridine rings is 1. The molecule has 0 saturated heterocycles. The third-order valence-electron chi connectivity index (χ3n) is 4.37. The molecule has 2 heterocycles. The van der Waals surface area contributed by atoms with Crippen LogP contribution in [0.25, 0.3) is 11.0 Å². The van der Waals surface area contributed by atoms with Gasteiger partial charge < -0.3 is 5.32 Å². The number of benzene rings is 2. The van der Waals surface area contributed by atoms with Crippen LogP contribution in [0.5, 0.6) is 0 Å². The Balaban J connectivity index is 1.82. The SMILES string of the molecule is Cc1ccc(Nc2nc3ccncc3n(Cc3ccccc3)c2=O)cc1F. The van der Waals surface area contributed by atoms with Crippen molar-refractivity contribution in [1.29, 1.82) is 0 Å². The molecule has 0 aliphatic carbocycles. The van der Waals surface area contributed by atoms with Gasteiger partial charge in [-0.15, -0.1) is 0 Å². The van der Waals surface area contributed by atoms with Crippen LogP contribution in [0.4, 0.5) is 15.9 Å². The molecule has 0 radical (unpaired) electrons. The van der Waals surface area contributed by atoms with E-state index in [9.17, 15) is 9.18 Å². The second-order valence-corrected chi connectivity index (χ2v) is 6.29. The van der Waals surface area contributed by atoms with Crippen LogP contribution in [-0.2, 0) is 6.54 Å². The highest BCUT2D eigenvalue weighted by atomic mass is 19.1. The van der Waals surface area contributed by atoms with Gasteiger partial charge >= 0.3 is 0 Å². The lowest BCUT2D eigenvalue weighted by Gasteiger charge is -2.13. The molecule has 0 aliphatic rings. The topological polar surface area (TPSA) is 59.8 Å². The van der Waals surface area contributed by atoms with Gasteiger partial charge in [0.25, 0.3) is 5.56 Å². The number of anilines is 2. The number of aromatic nitrogens is 3. The van der Waals surface area contributed by atoms with Crippen LogP contribution in [0.1, 0.15) is 11.1 Å². The summed E-state index contributed by atoms with van der Waals surface area (Å²) in [4.78, 5) is 21.6. The number of aryl methyl sites for hydroxylation is 1. The first-order valence-electron chi connectivity index (χ1n) is 8.53. The highest BCUT2D eigenvalue weighted by molar-refractivity contribution is 5.76. The molecule has 5 nitrogen and oxygen atoms in total. The zero-order chi connectivity index (χ0) is 18.8. The molecule has 0 bridgehead atoms. The lowest BCUT2D eigenvalue weighted by atomic mass is 10.2. The number of nitrogens with one attached hydrogen (secondary N) is 1. The summed E-state index contributed by atoms with van der Waals surface area (Å²) in [5, 5.41) is 2.95. The highest BCUT2D eigenvalue weighted by Crippen LogP contribution is 2.18. The van der Waals surface area contributed by atoms with E-state index in [0.717, 1.165) is 5.56 Å². The van der Waals surface area contributed by atoms with E-state index < -0.39 is 0 Å². The Kier molecular flexibility index (Phi) is 4.38. The molecule has 0 atom stereocenters.